The zero-order valence-corrected chi connectivity index (χ0v) is 7.08. The van der Waals surface area contributed by atoms with Crippen molar-refractivity contribution in [3.05, 3.63) is 42.0 Å². The molecule has 0 amide bonds. The first-order chi connectivity index (χ1) is 5.88. The molecule has 1 radical (unpaired) electrons. The maximum Gasteiger partial charge on any atom is 0.233 e. The third-order valence-corrected chi connectivity index (χ3v) is 1.60. The van der Waals surface area contributed by atoms with Crippen molar-refractivity contribution in [1.82, 2.24) is 0 Å². The second-order valence-electron chi connectivity index (χ2n) is 2.49. The topological polar surface area (TPSA) is 17.1 Å². The Morgan fingerprint density at radius 3 is 2.58 bits per heavy atom. The van der Waals surface area contributed by atoms with Crippen molar-refractivity contribution in [2.75, 3.05) is 0 Å². The quantitative estimate of drug-likeness (QED) is 0.619. The molecule has 1 aromatic carbocycles. The molecule has 0 unspecified atom stereocenters. The molecule has 12 heavy (non-hydrogen) atoms. The molecular formula is C11H11O. The highest BCUT2D eigenvalue weighted by atomic mass is 16.1. The van der Waals surface area contributed by atoms with Crippen LogP contribution in [-0.2, 0) is 4.79 Å². The predicted octanol–water partition coefficient (Wildman–Crippen LogP) is 2.59. The molecule has 0 spiro atoms. The van der Waals surface area contributed by atoms with E-state index in [0.29, 0.717) is 5.57 Å². The van der Waals surface area contributed by atoms with Crippen LogP contribution in [-0.4, -0.2) is 6.29 Å². The summed E-state index contributed by atoms with van der Waals surface area (Å²) in [4.78, 5) is 10.5. The SMILES string of the molecule is CC/C=C(/[C]=O)c1ccccc1. The molecule has 0 aliphatic heterocycles. The van der Waals surface area contributed by atoms with E-state index < -0.39 is 0 Å². The van der Waals surface area contributed by atoms with Gasteiger partial charge in [0.15, 0.2) is 0 Å². The highest BCUT2D eigenvalue weighted by Gasteiger charge is 1.97. The van der Waals surface area contributed by atoms with Gasteiger partial charge in [0.05, 0.1) is 0 Å². The van der Waals surface area contributed by atoms with Crippen molar-refractivity contribution in [3.63, 3.8) is 0 Å². The highest BCUT2D eigenvalue weighted by Crippen LogP contribution is 2.11. The molecule has 0 saturated heterocycles. The Morgan fingerprint density at radius 1 is 1.42 bits per heavy atom. The van der Waals surface area contributed by atoms with Gasteiger partial charge in [0.25, 0.3) is 0 Å². The van der Waals surface area contributed by atoms with Gasteiger partial charge in [-0.25, -0.2) is 0 Å². The van der Waals surface area contributed by atoms with Gasteiger partial charge in [-0.2, -0.15) is 0 Å². The van der Waals surface area contributed by atoms with Crippen molar-refractivity contribution in [2.45, 2.75) is 13.3 Å². The van der Waals surface area contributed by atoms with Gasteiger partial charge in [0.1, 0.15) is 0 Å². The lowest BCUT2D eigenvalue weighted by atomic mass is 10.1. The predicted molar refractivity (Wildman–Crippen MR) is 50.4 cm³/mol. The van der Waals surface area contributed by atoms with Crippen LogP contribution in [0.2, 0.25) is 0 Å². The number of hydrogen-bond donors (Lipinski definition) is 0. The Bertz CT molecular complexity index is 272. The van der Waals surface area contributed by atoms with E-state index in [9.17, 15) is 4.79 Å². The molecular weight excluding hydrogens is 148 g/mol. The van der Waals surface area contributed by atoms with E-state index in [-0.39, 0.29) is 0 Å². The van der Waals surface area contributed by atoms with Crippen LogP contribution in [0.3, 0.4) is 0 Å². The molecule has 0 aromatic heterocycles. The van der Waals surface area contributed by atoms with Crippen molar-refractivity contribution in [3.8, 4) is 0 Å². The first-order valence-electron chi connectivity index (χ1n) is 4.02. The van der Waals surface area contributed by atoms with E-state index >= 15 is 0 Å². The molecule has 1 heteroatoms. The van der Waals surface area contributed by atoms with Gasteiger partial charge in [-0.1, -0.05) is 43.3 Å². The number of allylic oxidation sites excluding steroid dienone is 2. The maximum atomic E-state index is 10.5. The number of carbonyl (C=O) groups excluding carboxylic acids is 1. The van der Waals surface area contributed by atoms with Crippen LogP contribution in [0.4, 0.5) is 0 Å². The summed E-state index contributed by atoms with van der Waals surface area (Å²) >= 11 is 0. The molecule has 1 nitrogen and oxygen atoms in total. The molecule has 0 fully saturated rings. The van der Waals surface area contributed by atoms with Crippen LogP contribution < -0.4 is 0 Å². The standard InChI is InChI=1S/C11H11O/c1-2-6-11(9-12)10-7-4-3-5-8-10/h3-8H,2H2,1H3/b11-6-. The minimum atomic E-state index is 0.651. The zero-order chi connectivity index (χ0) is 8.81. The lowest BCUT2D eigenvalue weighted by molar-refractivity contribution is 0.565. The Balaban J connectivity index is 2.96. The fourth-order valence-electron chi connectivity index (χ4n) is 1.04. The van der Waals surface area contributed by atoms with Crippen LogP contribution in [0.5, 0.6) is 0 Å². The smallest absolute Gasteiger partial charge is 0.233 e. The summed E-state index contributed by atoms with van der Waals surface area (Å²) in [6.07, 6.45) is 4.67. The average Bonchev–Trinajstić information content (AvgIpc) is 2.15. The second-order valence-corrected chi connectivity index (χ2v) is 2.49. The normalized spacial score (nSPS) is 11.2. The lowest BCUT2D eigenvalue weighted by Crippen LogP contribution is -1.83. The lowest BCUT2D eigenvalue weighted by Gasteiger charge is -1.96. The molecule has 61 valence electrons. The van der Waals surface area contributed by atoms with Crippen molar-refractivity contribution >= 4 is 11.9 Å². The first-order valence-corrected chi connectivity index (χ1v) is 4.02. The van der Waals surface area contributed by atoms with Crippen LogP contribution in [0.25, 0.3) is 5.57 Å². The summed E-state index contributed by atoms with van der Waals surface area (Å²) in [6.45, 7) is 2.00. The molecule has 0 heterocycles. The summed E-state index contributed by atoms with van der Waals surface area (Å²) in [6, 6.07) is 9.57. The Labute approximate surface area is 72.7 Å². The molecule has 1 aromatic rings. The van der Waals surface area contributed by atoms with E-state index in [1.165, 1.54) is 0 Å². The highest BCUT2D eigenvalue weighted by molar-refractivity contribution is 6.07. The van der Waals surface area contributed by atoms with Gasteiger partial charge in [0.2, 0.25) is 6.29 Å². The van der Waals surface area contributed by atoms with Gasteiger partial charge in [-0.3, -0.25) is 4.79 Å². The summed E-state index contributed by atoms with van der Waals surface area (Å²) in [5, 5.41) is 0. The largest absolute Gasteiger partial charge is 0.285 e. The van der Waals surface area contributed by atoms with Gasteiger partial charge < -0.3 is 0 Å². The molecule has 0 aliphatic rings. The van der Waals surface area contributed by atoms with E-state index in [1.54, 1.807) is 0 Å². The molecule has 1 rings (SSSR count). The number of hydrogen-bond acceptors (Lipinski definition) is 1. The third-order valence-electron chi connectivity index (χ3n) is 1.60. The Hall–Kier alpha value is -1.37. The van der Waals surface area contributed by atoms with Crippen molar-refractivity contribution < 1.29 is 4.79 Å². The van der Waals surface area contributed by atoms with E-state index in [2.05, 4.69) is 0 Å². The summed E-state index contributed by atoms with van der Waals surface area (Å²) in [5.74, 6) is 0. The molecule has 0 aliphatic carbocycles. The summed E-state index contributed by atoms with van der Waals surface area (Å²) < 4.78 is 0. The van der Waals surface area contributed by atoms with Crippen LogP contribution in [0.1, 0.15) is 18.9 Å². The first kappa shape index (κ1) is 8.72. The van der Waals surface area contributed by atoms with E-state index in [0.717, 1.165) is 12.0 Å². The monoisotopic (exact) mass is 159 g/mol. The van der Waals surface area contributed by atoms with Gasteiger partial charge in [-0.05, 0) is 12.0 Å². The molecule has 0 saturated carbocycles. The Morgan fingerprint density at radius 2 is 2.08 bits per heavy atom. The molecule has 0 atom stereocenters. The van der Waals surface area contributed by atoms with Crippen molar-refractivity contribution in [1.29, 1.82) is 0 Å². The third kappa shape index (κ3) is 2.06. The van der Waals surface area contributed by atoms with Crippen molar-refractivity contribution in [2.24, 2.45) is 0 Å². The van der Waals surface area contributed by atoms with Gasteiger partial charge in [0, 0.05) is 5.57 Å². The van der Waals surface area contributed by atoms with Crippen LogP contribution in [0, 0.1) is 0 Å². The summed E-state index contributed by atoms with van der Waals surface area (Å²) in [5.41, 5.74) is 1.59. The van der Waals surface area contributed by atoms with Crippen LogP contribution in [0.15, 0.2) is 36.4 Å². The van der Waals surface area contributed by atoms with Gasteiger partial charge in [-0.15, -0.1) is 0 Å². The fourth-order valence-corrected chi connectivity index (χ4v) is 1.04. The molecule has 0 bridgehead atoms. The molecule has 0 N–H and O–H groups in total. The minimum Gasteiger partial charge on any atom is -0.285 e. The Kier molecular flexibility index (Phi) is 3.27. The van der Waals surface area contributed by atoms with E-state index in [1.807, 2.05) is 49.6 Å². The second kappa shape index (κ2) is 4.50. The maximum absolute atomic E-state index is 10.5. The average molecular weight is 159 g/mol. The number of rotatable bonds is 3. The summed E-state index contributed by atoms with van der Waals surface area (Å²) in [7, 11) is 0. The number of benzene rings is 1. The fraction of sp³-hybridized carbons (Fsp3) is 0.182. The van der Waals surface area contributed by atoms with E-state index in [4.69, 9.17) is 0 Å². The zero-order valence-electron chi connectivity index (χ0n) is 7.08. The van der Waals surface area contributed by atoms with Crippen LogP contribution >= 0.6 is 0 Å². The minimum absolute atomic E-state index is 0.651. The van der Waals surface area contributed by atoms with Gasteiger partial charge >= 0.3 is 0 Å².